The van der Waals surface area contributed by atoms with Crippen molar-refractivity contribution in [3.63, 3.8) is 0 Å². The molecule has 0 fully saturated rings. The molecule has 0 bridgehead atoms. The molecule has 0 saturated heterocycles. The van der Waals surface area contributed by atoms with E-state index >= 15 is 8.78 Å². The molecule has 0 unspecified atom stereocenters. The molecule has 172 valence electrons. The summed E-state index contributed by atoms with van der Waals surface area (Å²) in [6, 6.07) is 7.70. The van der Waals surface area contributed by atoms with Crippen LogP contribution in [-0.4, -0.2) is 22.8 Å². The van der Waals surface area contributed by atoms with Crippen LogP contribution < -0.4 is 10.4 Å². The molecule has 0 aromatic heterocycles. The number of nitrogens with zero attached hydrogens (tertiary/aromatic N) is 8. The highest BCUT2D eigenvalue weighted by molar-refractivity contribution is 6.55. The maximum Gasteiger partial charge on any atom is 0.173 e. The largest absolute Gasteiger partial charge is 0.211 e. The molecule has 0 amide bonds. The fourth-order valence-corrected chi connectivity index (χ4v) is 5.16. The molecule has 5 rings (SSSR count). The van der Waals surface area contributed by atoms with Crippen LogP contribution in [0.1, 0.15) is 49.9 Å². The average molecular weight is 476 g/mol. The molecule has 2 aliphatic carbocycles. The minimum absolute atomic E-state index is 0.0803. The van der Waals surface area contributed by atoms with Crippen LogP contribution in [0.4, 0.5) is 8.78 Å². The molecule has 8 nitrogen and oxygen atoms in total. The summed E-state index contributed by atoms with van der Waals surface area (Å²) in [6.07, 6.45) is 2.55. The van der Waals surface area contributed by atoms with Gasteiger partial charge in [0.2, 0.25) is 0 Å². The van der Waals surface area contributed by atoms with Crippen LogP contribution in [0.2, 0.25) is 0 Å². The van der Waals surface area contributed by atoms with Crippen molar-refractivity contribution in [3.8, 4) is 24.3 Å². The number of benzene rings is 1. The third-order valence-corrected chi connectivity index (χ3v) is 6.93. The second-order valence-electron chi connectivity index (χ2n) is 9.55. The van der Waals surface area contributed by atoms with Crippen molar-refractivity contribution < 1.29 is 8.78 Å². The summed E-state index contributed by atoms with van der Waals surface area (Å²) in [4.78, 5) is 0. The van der Waals surface area contributed by atoms with E-state index < -0.39 is 22.5 Å². The smallest absolute Gasteiger partial charge is 0.173 e. The highest BCUT2D eigenvalue weighted by atomic mass is 19.1. The van der Waals surface area contributed by atoms with Crippen molar-refractivity contribution in [3.05, 3.63) is 44.3 Å². The summed E-state index contributed by atoms with van der Waals surface area (Å²) < 4.78 is 31.1. The highest BCUT2D eigenvalue weighted by Crippen LogP contribution is 2.45. The van der Waals surface area contributed by atoms with Gasteiger partial charge in [0.25, 0.3) is 0 Å². The van der Waals surface area contributed by atoms with Crippen LogP contribution in [-0.2, 0) is 10.8 Å². The predicted molar refractivity (Wildman–Crippen MR) is 129 cm³/mol. The summed E-state index contributed by atoms with van der Waals surface area (Å²) >= 11 is 0. The van der Waals surface area contributed by atoms with Gasteiger partial charge in [-0.1, -0.05) is 0 Å². The average Bonchev–Trinajstić information content (AvgIpc) is 3.56. The van der Waals surface area contributed by atoms with Gasteiger partial charge in [-0.25, -0.2) is 8.78 Å². The van der Waals surface area contributed by atoms with Gasteiger partial charge in [0.15, 0.2) is 22.8 Å². The van der Waals surface area contributed by atoms with Crippen molar-refractivity contribution in [2.24, 2.45) is 20.4 Å². The summed E-state index contributed by atoms with van der Waals surface area (Å²) in [6.45, 7) is 6.46. The summed E-state index contributed by atoms with van der Waals surface area (Å²) in [5, 5.41) is 54.7. The van der Waals surface area contributed by atoms with E-state index in [9.17, 15) is 21.0 Å². The lowest BCUT2D eigenvalue weighted by molar-refractivity contribution is 0.467. The Morgan fingerprint density at radius 3 is 1.11 bits per heavy atom. The number of fused-ring (bicyclic) bond motifs is 2. The first-order valence-corrected chi connectivity index (χ1v) is 10.7. The van der Waals surface area contributed by atoms with Gasteiger partial charge in [-0.05, 0) is 62.1 Å². The van der Waals surface area contributed by atoms with E-state index in [1.807, 2.05) is 24.3 Å². The fourth-order valence-electron chi connectivity index (χ4n) is 5.16. The molecule has 1 aromatic rings. The molecule has 36 heavy (non-hydrogen) atoms. The van der Waals surface area contributed by atoms with Crippen LogP contribution in [0.5, 0.6) is 0 Å². The molecule has 0 saturated carbocycles. The van der Waals surface area contributed by atoms with Crippen molar-refractivity contribution in [1.82, 2.24) is 0 Å². The minimum atomic E-state index is -1.27. The molecule has 10 heteroatoms. The first kappa shape index (κ1) is 22.7. The van der Waals surface area contributed by atoms with E-state index in [0.29, 0.717) is 22.3 Å². The molecule has 2 aliphatic heterocycles. The number of hydrogen-bond acceptors (Lipinski definition) is 8. The SMILES string of the molecule is CC1(C)C(F)=Cc2c1c(=C1C(C#N)=NN=C1C#N)c1c(c2=C2C(C#N)=NN=C2C#N)C(C)(C)C(F)=C1. The van der Waals surface area contributed by atoms with Crippen LogP contribution in [0, 0.1) is 45.3 Å². The number of hydrogen-bond donors (Lipinski definition) is 0. The van der Waals surface area contributed by atoms with Crippen molar-refractivity contribution in [2.75, 3.05) is 0 Å². The van der Waals surface area contributed by atoms with Crippen LogP contribution in [0.25, 0.3) is 23.3 Å². The molecule has 1 aromatic carbocycles. The Morgan fingerprint density at radius 1 is 0.583 bits per heavy atom. The molecule has 0 spiro atoms. The lowest BCUT2D eigenvalue weighted by atomic mass is 9.75. The van der Waals surface area contributed by atoms with Crippen molar-refractivity contribution >= 4 is 46.1 Å². The Kier molecular flexibility index (Phi) is 4.56. The maximum atomic E-state index is 15.6. The zero-order chi connectivity index (χ0) is 26.2. The van der Waals surface area contributed by atoms with Crippen molar-refractivity contribution in [2.45, 2.75) is 38.5 Å². The van der Waals surface area contributed by atoms with Gasteiger partial charge < -0.3 is 0 Å². The van der Waals surface area contributed by atoms with Crippen LogP contribution in [0.15, 0.2) is 32.1 Å². The van der Waals surface area contributed by atoms with E-state index in [1.54, 1.807) is 27.7 Å². The number of rotatable bonds is 0. The number of halogens is 2. The van der Waals surface area contributed by atoms with E-state index in [2.05, 4.69) is 20.4 Å². The summed E-state index contributed by atoms with van der Waals surface area (Å²) in [5.41, 5.74) is -1.71. The summed E-state index contributed by atoms with van der Waals surface area (Å²) in [7, 11) is 0. The second-order valence-corrected chi connectivity index (χ2v) is 9.55. The van der Waals surface area contributed by atoms with E-state index in [4.69, 9.17) is 0 Å². The fraction of sp³-hybridized carbons (Fsp3) is 0.231. The Morgan fingerprint density at radius 2 is 0.861 bits per heavy atom. The van der Waals surface area contributed by atoms with Gasteiger partial charge in [0.05, 0.1) is 11.1 Å². The van der Waals surface area contributed by atoms with Crippen molar-refractivity contribution in [1.29, 1.82) is 21.0 Å². The Bertz CT molecular complexity index is 1630. The Hall–Kier alpha value is -5.06. The van der Waals surface area contributed by atoms with Crippen LogP contribution >= 0.6 is 0 Å². The molecule has 0 radical (unpaired) electrons. The van der Waals surface area contributed by atoms with Gasteiger partial charge in [-0.15, -0.1) is 20.4 Å². The zero-order valence-corrected chi connectivity index (χ0v) is 19.5. The third kappa shape index (κ3) is 2.62. The normalized spacial score (nSPS) is 20.1. The standard InChI is InChI=1S/C26H14F2N8/c1-25(2)17(27)5-11-20(22-15(9-31)35-36-16(22)10-32)24-12(6-18(28)26(24,3)4)19(23(11)25)21-13(7-29)33-34-14(21)8-30/h5-6H,1-4H3. The highest BCUT2D eigenvalue weighted by Gasteiger charge is 2.45. The number of nitriles is 4. The maximum absolute atomic E-state index is 15.6. The molecule has 4 aliphatic rings. The Labute approximate surface area is 203 Å². The van der Waals surface area contributed by atoms with Gasteiger partial charge in [0.1, 0.15) is 35.9 Å². The molecule has 0 N–H and O–H groups in total. The number of allylic oxidation sites excluding steroid dienone is 2. The first-order valence-electron chi connectivity index (χ1n) is 10.7. The van der Waals surface area contributed by atoms with Gasteiger partial charge in [-0.3, -0.25) is 0 Å². The van der Waals surface area contributed by atoms with Gasteiger partial charge in [0, 0.05) is 21.3 Å². The second kappa shape index (κ2) is 7.22. The lowest BCUT2D eigenvalue weighted by Gasteiger charge is -2.27. The van der Waals surface area contributed by atoms with E-state index in [1.165, 1.54) is 12.2 Å². The quantitative estimate of drug-likeness (QED) is 0.567. The predicted octanol–water partition coefficient (Wildman–Crippen LogP) is 2.91. The molecular weight excluding hydrogens is 462 g/mol. The topological polar surface area (TPSA) is 145 Å². The van der Waals surface area contributed by atoms with Crippen LogP contribution in [0.3, 0.4) is 0 Å². The molecule has 2 heterocycles. The first-order chi connectivity index (χ1) is 17.0. The molecular formula is C26H14F2N8. The third-order valence-electron chi connectivity index (χ3n) is 6.93. The van der Waals surface area contributed by atoms with Gasteiger partial charge >= 0.3 is 0 Å². The monoisotopic (exact) mass is 476 g/mol. The minimum Gasteiger partial charge on any atom is -0.211 e. The zero-order valence-electron chi connectivity index (χ0n) is 19.5. The van der Waals surface area contributed by atoms with E-state index in [0.717, 1.165) is 0 Å². The molecule has 0 atom stereocenters. The van der Waals surface area contributed by atoms with E-state index in [-0.39, 0.29) is 44.4 Å². The van der Waals surface area contributed by atoms with Gasteiger partial charge in [-0.2, -0.15) is 21.0 Å². The summed E-state index contributed by atoms with van der Waals surface area (Å²) in [5.74, 6) is -1.06. The lowest BCUT2D eigenvalue weighted by Crippen LogP contribution is -2.39. The Balaban J connectivity index is 2.21.